The van der Waals surface area contributed by atoms with Crippen LogP contribution >= 0.6 is 0 Å². The number of halogens is 1. The summed E-state index contributed by atoms with van der Waals surface area (Å²) in [5.74, 6) is -0.253. The van der Waals surface area contributed by atoms with E-state index >= 15 is 0 Å². The number of fused-ring (bicyclic) bond motifs is 1. The molecule has 2 aromatic carbocycles. The van der Waals surface area contributed by atoms with Gasteiger partial charge in [0.2, 0.25) is 0 Å². The van der Waals surface area contributed by atoms with Gasteiger partial charge in [0.25, 0.3) is 0 Å². The second-order valence-electron chi connectivity index (χ2n) is 12.0. The maximum absolute atomic E-state index is 14.6. The predicted octanol–water partition coefficient (Wildman–Crippen LogP) is 6.15. The van der Waals surface area contributed by atoms with Gasteiger partial charge in [-0.15, -0.1) is 0 Å². The van der Waals surface area contributed by atoms with E-state index in [9.17, 15) is 19.1 Å². The second-order valence-corrected chi connectivity index (χ2v) is 12.0. The molecule has 2 unspecified atom stereocenters. The number of methoxy groups -OCH3 is 1. The molecule has 44 heavy (non-hydrogen) atoms. The number of nitrogens with one attached hydrogen (secondary N) is 1. The highest BCUT2D eigenvalue weighted by atomic mass is 19.1. The highest BCUT2D eigenvalue weighted by Crippen LogP contribution is 2.32. The minimum Gasteiger partial charge on any atom is -0.497 e. The van der Waals surface area contributed by atoms with Crippen molar-refractivity contribution in [1.82, 2.24) is 15.2 Å². The number of carboxylic acid groups (broad SMARTS) is 2. The molecule has 238 valence electrons. The molecule has 0 bridgehead atoms. The van der Waals surface area contributed by atoms with Crippen molar-refractivity contribution in [3.63, 3.8) is 0 Å². The van der Waals surface area contributed by atoms with E-state index in [1.807, 2.05) is 54.7 Å². The van der Waals surface area contributed by atoms with Crippen LogP contribution in [0.1, 0.15) is 62.2 Å². The molecule has 0 amide bonds. The number of hydrogen-bond donors (Lipinski definition) is 3. The lowest BCUT2D eigenvalue weighted by atomic mass is 9.79. The number of pyridine rings is 1. The Bertz CT molecular complexity index is 1330. The Morgan fingerprint density at radius 1 is 1.11 bits per heavy atom. The van der Waals surface area contributed by atoms with E-state index in [2.05, 4.69) is 21.3 Å². The average Bonchev–Trinajstić information content (AvgIpc) is 3.05. The second kappa shape index (κ2) is 17.1. The van der Waals surface area contributed by atoms with E-state index < -0.39 is 18.1 Å². The van der Waals surface area contributed by atoms with Crippen molar-refractivity contribution in [1.29, 1.82) is 0 Å². The maximum Gasteiger partial charge on any atom is 0.307 e. The summed E-state index contributed by atoms with van der Waals surface area (Å²) in [6.45, 7) is 3.91. The Kier molecular flexibility index (Phi) is 12.9. The molecule has 2 fully saturated rings. The smallest absolute Gasteiger partial charge is 0.307 e. The van der Waals surface area contributed by atoms with Crippen molar-refractivity contribution >= 4 is 22.8 Å². The fourth-order valence-corrected chi connectivity index (χ4v) is 6.46. The lowest BCUT2D eigenvalue weighted by Gasteiger charge is -2.38. The van der Waals surface area contributed by atoms with Gasteiger partial charge in [0.05, 0.1) is 18.5 Å². The third-order valence-corrected chi connectivity index (χ3v) is 8.98. The molecule has 0 aliphatic carbocycles. The number of piperidine rings is 2. The molecule has 3 N–H and O–H groups in total. The molecule has 2 aliphatic heterocycles. The van der Waals surface area contributed by atoms with Crippen LogP contribution in [0.25, 0.3) is 10.9 Å². The van der Waals surface area contributed by atoms with Crippen molar-refractivity contribution in [2.75, 3.05) is 39.8 Å². The van der Waals surface area contributed by atoms with Gasteiger partial charge in [-0.05, 0) is 105 Å². The molecule has 0 saturated carbocycles. The van der Waals surface area contributed by atoms with Crippen LogP contribution in [-0.2, 0) is 16.0 Å². The van der Waals surface area contributed by atoms with Gasteiger partial charge in [0, 0.05) is 37.6 Å². The van der Waals surface area contributed by atoms with Crippen molar-refractivity contribution < 1.29 is 28.9 Å². The fourth-order valence-electron chi connectivity index (χ4n) is 6.46. The molecule has 3 aromatic rings. The summed E-state index contributed by atoms with van der Waals surface area (Å²) in [6.07, 6.45) is 7.19. The lowest BCUT2D eigenvalue weighted by molar-refractivity contribution is -0.142. The standard InChI is InChI=1S/C29H35FN2O3.C6H11NO2/c1-35-25-10-11-28-26(19-25)22(12-15-31-28)9-5-8-21-13-16-32(20-24(21)18-29(33)34)17-14-27(30)23-6-3-2-4-7-23;8-6(9)5-2-1-3-7-4-5/h2-4,6-7,10-12,15,19,21,24,27H,5,8-9,13-14,16-18,20H2,1H3,(H,33,34);5,7H,1-4H2,(H,8,9)/t21-,24+,27?;/m1./s1. The van der Waals surface area contributed by atoms with E-state index in [4.69, 9.17) is 9.84 Å². The molecular formula is C35H46FN3O5. The van der Waals surface area contributed by atoms with Crippen LogP contribution in [0.5, 0.6) is 5.75 Å². The number of aliphatic carboxylic acids is 2. The molecule has 2 aliphatic rings. The lowest BCUT2D eigenvalue weighted by Crippen LogP contribution is -2.42. The number of carboxylic acids is 2. The third kappa shape index (κ3) is 9.99. The van der Waals surface area contributed by atoms with Crippen LogP contribution in [0.3, 0.4) is 0 Å². The Hall–Kier alpha value is -3.56. The summed E-state index contributed by atoms with van der Waals surface area (Å²) < 4.78 is 20.0. The molecule has 2 saturated heterocycles. The minimum atomic E-state index is -0.986. The van der Waals surface area contributed by atoms with Crippen LogP contribution in [0, 0.1) is 17.8 Å². The van der Waals surface area contributed by atoms with Crippen LogP contribution in [0.15, 0.2) is 60.8 Å². The minimum absolute atomic E-state index is 0.102. The summed E-state index contributed by atoms with van der Waals surface area (Å²) in [5.41, 5.74) is 2.92. The number of carbonyl (C=O) groups is 2. The Morgan fingerprint density at radius 3 is 2.61 bits per heavy atom. The Labute approximate surface area is 259 Å². The van der Waals surface area contributed by atoms with Gasteiger partial charge in [0.15, 0.2) is 0 Å². The summed E-state index contributed by atoms with van der Waals surface area (Å²) in [5, 5.41) is 22.2. The van der Waals surface area contributed by atoms with E-state index in [-0.39, 0.29) is 18.3 Å². The predicted molar refractivity (Wildman–Crippen MR) is 170 cm³/mol. The van der Waals surface area contributed by atoms with Crippen LogP contribution in [0.4, 0.5) is 4.39 Å². The summed E-state index contributed by atoms with van der Waals surface area (Å²) in [6, 6.07) is 17.3. The van der Waals surface area contributed by atoms with E-state index in [0.29, 0.717) is 31.0 Å². The average molecular weight is 608 g/mol. The zero-order chi connectivity index (χ0) is 31.3. The monoisotopic (exact) mass is 607 g/mol. The molecule has 5 rings (SSSR count). The molecule has 4 atom stereocenters. The van der Waals surface area contributed by atoms with E-state index in [0.717, 1.165) is 74.8 Å². The van der Waals surface area contributed by atoms with Crippen LogP contribution in [-0.4, -0.2) is 71.9 Å². The number of ether oxygens (including phenoxy) is 1. The highest BCUT2D eigenvalue weighted by Gasteiger charge is 2.31. The van der Waals surface area contributed by atoms with Gasteiger partial charge in [-0.1, -0.05) is 30.3 Å². The number of alkyl halides is 1. The number of likely N-dealkylation sites (tertiary alicyclic amines) is 1. The van der Waals surface area contributed by atoms with Gasteiger partial charge < -0.3 is 25.2 Å². The van der Waals surface area contributed by atoms with E-state index in [1.165, 1.54) is 5.56 Å². The molecular weight excluding hydrogens is 561 g/mol. The van der Waals surface area contributed by atoms with Gasteiger partial charge in [-0.25, -0.2) is 4.39 Å². The molecule has 0 radical (unpaired) electrons. The number of nitrogens with zero attached hydrogens (tertiary/aromatic N) is 2. The van der Waals surface area contributed by atoms with Gasteiger partial charge >= 0.3 is 11.9 Å². The summed E-state index contributed by atoms with van der Waals surface area (Å²) >= 11 is 0. The van der Waals surface area contributed by atoms with Crippen LogP contribution in [0.2, 0.25) is 0 Å². The topological polar surface area (TPSA) is 112 Å². The zero-order valence-corrected chi connectivity index (χ0v) is 25.7. The summed E-state index contributed by atoms with van der Waals surface area (Å²) in [7, 11) is 1.67. The Morgan fingerprint density at radius 2 is 1.93 bits per heavy atom. The van der Waals surface area contributed by atoms with Gasteiger partial charge in [-0.2, -0.15) is 0 Å². The van der Waals surface area contributed by atoms with E-state index in [1.54, 1.807) is 7.11 Å². The first kappa shape index (κ1) is 33.3. The number of aromatic nitrogens is 1. The van der Waals surface area contributed by atoms with Crippen molar-refractivity contribution in [3.05, 3.63) is 71.9 Å². The number of aryl methyl sites for hydroxylation is 1. The van der Waals surface area contributed by atoms with Crippen molar-refractivity contribution in [3.8, 4) is 5.75 Å². The van der Waals surface area contributed by atoms with Crippen LogP contribution < -0.4 is 10.1 Å². The summed E-state index contributed by atoms with van der Waals surface area (Å²) in [4.78, 5) is 28.6. The van der Waals surface area contributed by atoms with Gasteiger partial charge in [-0.3, -0.25) is 14.6 Å². The molecule has 3 heterocycles. The number of hydrogen-bond acceptors (Lipinski definition) is 6. The first-order valence-corrected chi connectivity index (χ1v) is 15.8. The highest BCUT2D eigenvalue weighted by molar-refractivity contribution is 5.83. The molecule has 9 heteroatoms. The van der Waals surface area contributed by atoms with Crippen molar-refractivity contribution in [2.45, 2.75) is 57.5 Å². The number of rotatable bonds is 12. The molecule has 1 aromatic heterocycles. The SMILES string of the molecule is COc1ccc2nccc(CCC[C@@H]3CCN(CCC(F)c4ccccc4)C[C@@H]3CC(=O)O)c2c1.O=C(O)C1CCCNC1. The largest absolute Gasteiger partial charge is 0.497 e. The molecule has 0 spiro atoms. The zero-order valence-electron chi connectivity index (χ0n) is 25.7. The quantitative estimate of drug-likeness (QED) is 0.225. The number of benzene rings is 2. The molecule has 8 nitrogen and oxygen atoms in total. The first-order chi connectivity index (χ1) is 21.3. The third-order valence-electron chi connectivity index (χ3n) is 8.98. The maximum atomic E-state index is 14.6. The normalized spacial score (nSPS) is 21.2. The Balaban J connectivity index is 0.000000421. The fraction of sp³-hybridized carbons (Fsp3) is 0.514. The first-order valence-electron chi connectivity index (χ1n) is 15.8. The van der Waals surface area contributed by atoms with Gasteiger partial charge in [0.1, 0.15) is 11.9 Å². The van der Waals surface area contributed by atoms with Crippen molar-refractivity contribution in [2.24, 2.45) is 17.8 Å².